The maximum atomic E-state index is 10.7. The van der Waals surface area contributed by atoms with Crippen molar-refractivity contribution in [1.82, 2.24) is 10.6 Å². The summed E-state index contributed by atoms with van der Waals surface area (Å²) in [6.45, 7) is 52.8. The van der Waals surface area contributed by atoms with Crippen molar-refractivity contribution in [3.05, 3.63) is 0 Å². The molecule has 4 heterocycles. The lowest BCUT2D eigenvalue weighted by Gasteiger charge is -2.73. The number of aliphatic hydroxyl groups is 2. The van der Waals surface area contributed by atoms with Gasteiger partial charge in [-0.3, -0.25) is 10.6 Å². The molecule has 4 aliphatic heterocycles. The van der Waals surface area contributed by atoms with Crippen LogP contribution in [0.5, 0.6) is 0 Å². The lowest BCUT2D eigenvalue weighted by Crippen LogP contribution is -2.67. The third-order valence-electron chi connectivity index (χ3n) is 31.7. The highest BCUT2D eigenvalue weighted by molar-refractivity contribution is 7.59. The molecule has 12 fully saturated rings. The van der Waals surface area contributed by atoms with Gasteiger partial charge in [-0.1, -0.05) is 139 Å². The Kier molecular flexibility index (Phi) is 16.4. The van der Waals surface area contributed by atoms with E-state index in [0.717, 1.165) is 75.3 Å². The molecule has 24 atom stereocenters. The van der Waals surface area contributed by atoms with E-state index in [4.69, 9.17) is 22.1 Å². The molecule has 4 saturated heterocycles. The third kappa shape index (κ3) is 7.66. The molecule has 2 spiro atoms. The van der Waals surface area contributed by atoms with E-state index in [1.165, 1.54) is 89.9 Å². The second-order valence-electron chi connectivity index (χ2n) is 33.0. The summed E-state index contributed by atoms with van der Waals surface area (Å²) in [7, 11) is -3.11. The quantitative estimate of drug-likeness (QED) is 0.187. The van der Waals surface area contributed by atoms with Gasteiger partial charge in [0.05, 0.1) is 23.4 Å². The molecule has 0 bridgehead atoms. The first kappa shape index (κ1) is 64.9. The second-order valence-corrected chi connectivity index (χ2v) is 33.4. The zero-order chi connectivity index (χ0) is 56.6. The van der Waals surface area contributed by atoms with Crippen molar-refractivity contribution in [1.29, 1.82) is 0 Å². The summed E-state index contributed by atoms with van der Waals surface area (Å²) in [6.07, 6.45) is 24.0. The summed E-state index contributed by atoms with van der Waals surface area (Å²) in [5.74, 6) is 3.98. The van der Waals surface area contributed by atoms with Crippen LogP contribution in [0.15, 0.2) is 0 Å². The highest BCUT2D eigenvalue weighted by atomic mass is 32.2. The zero-order valence-corrected chi connectivity index (χ0v) is 53.3. The van der Waals surface area contributed by atoms with Crippen LogP contribution in [0, 0.1) is 100 Å². The van der Waals surface area contributed by atoms with Crippen molar-refractivity contribution in [2.45, 2.75) is 317 Å². The largest absolute Gasteiger partial charge is 0.425 e. The van der Waals surface area contributed by atoms with Gasteiger partial charge in [0.25, 0.3) is 0 Å². The maximum absolute atomic E-state index is 10.7. The van der Waals surface area contributed by atoms with Crippen molar-refractivity contribution in [3.8, 4) is 0 Å². The van der Waals surface area contributed by atoms with Gasteiger partial charge in [-0.15, -0.1) is 12.6 Å². The molecule has 4 N–H and O–H groups in total. The molecule has 12 aliphatic rings. The molecule has 0 unspecified atom stereocenters. The minimum Gasteiger partial charge on any atom is -0.393 e. The fourth-order valence-corrected chi connectivity index (χ4v) is 25.8. The predicted molar refractivity (Wildman–Crippen MR) is 320 cm³/mol. The third-order valence-corrected chi connectivity index (χ3v) is 31.7. The number of nitrogens with one attached hydrogen (secondary N) is 2. The Morgan fingerprint density at radius 1 is 0.423 bits per heavy atom. The monoisotopic (exact) mass is 1110 g/mol. The van der Waals surface area contributed by atoms with E-state index in [-0.39, 0.29) is 93.0 Å². The van der Waals surface area contributed by atoms with Gasteiger partial charge in [0.2, 0.25) is 0 Å². The molecule has 8 saturated carbocycles. The Balaban J connectivity index is 0.000000201. The Hall–Kier alpha value is -0.620. The van der Waals surface area contributed by atoms with Crippen LogP contribution in [-0.4, -0.2) is 70.8 Å². The summed E-state index contributed by atoms with van der Waals surface area (Å²) in [5, 5.41) is 29.3. The molecule has 0 amide bonds. The number of aliphatic hydroxyl groups excluding tert-OH is 2. The second kappa shape index (κ2) is 19.7. The van der Waals surface area contributed by atoms with E-state index in [2.05, 4.69) is 135 Å². The topological polar surface area (TPSA) is 134 Å². The summed E-state index contributed by atoms with van der Waals surface area (Å²) in [6, 6.07) is 0. The molecule has 0 aromatic heterocycles. The van der Waals surface area contributed by atoms with Gasteiger partial charge >= 0.3 is 10.6 Å². The van der Waals surface area contributed by atoms with E-state index in [1.807, 2.05) is 13.8 Å². The molecule has 454 valence electrons. The average molecular weight is 1110 g/mol. The SMILES string of the molecule is C.C.CC.C[C@H]1CC[C@]2(NC1)O[C@@]1(C)C[C@@]3(C)[C@@H]4CC[C@@]5(C)C[C@@H](O)CC[C@]5(C)[C@@]4(C)CC[C@]3(C)[C@@]1(C)[C@@H]2C.C[C@H]1CC[C@]2(NC1)O[C@@]1(C)C[C@@]3(C)[C@@H]4CC[C@@]5(C)C[C@@H](O)CC[C@]5(C)[C@@]4(C)CC[C@]3(C)[C@@]1(C)[C@@H]2C.O=S(=O)=O. The molecule has 0 aromatic rings. The Bertz CT molecular complexity index is 2200. The van der Waals surface area contributed by atoms with Crippen LogP contribution in [0.2, 0.25) is 0 Å². The van der Waals surface area contributed by atoms with Crippen molar-refractivity contribution in [3.63, 3.8) is 0 Å². The van der Waals surface area contributed by atoms with E-state index >= 15 is 0 Å². The molecule has 10 heteroatoms. The first-order chi connectivity index (χ1) is 34.9. The fourth-order valence-electron chi connectivity index (χ4n) is 25.8. The van der Waals surface area contributed by atoms with Crippen LogP contribution >= 0.6 is 0 Å². The van der Waals surface area contributed by atoms with Crippen molar-refractivity contribution >= 4 is 10.6 Å². The number of ether oxygens (including phenoxy) is 2. The van der Waals surface area contributed by atoms with Crippen molar-refractivity contribution in [2.24, 2.45) is 100 Å². The highest BCUT2D eigenvalue weighted by Crippen LogP contribution is 2.88. The molecule has 12 rings (SSSR count). The van der Waals surface area contributed by atoms with Gasteiger partial charge < -0.3 is 19.7 Å². The normalized spacial score (nSPS) is 59.6. The van der Waals surface area contributed by atoms with Crippen LogP contribution in [0.4, 0.5) is 0 Å². The first-order valence-corrected chi connectivity index (χ1v) is 32.9. The zero-order valence-electron chi connectivity index (χ0n) is 52.5. The van der Waals surface area contributed by atoms with E-state index in [0.29, 0.717) is 33.5 Å². The number of hydrogen-bond donors (Lipinski definition) is 4. The summed E-state index contributed by atoms with van der Waals surface area (Å²) < 4.78 is 40.2. The lowest BCUT2D eigenvalue weighted by molar-refractivity contribution is -0.255. The maximum Gasteiger partial charge on any atom is 0.425 e. The van der Waals surface area contributed by atoms with Crippen LogP contribution in [-0.2, 0) is 20.1 Å². The van der Waals surface area contributed by atoms with Crippen LogP contribution in [0.25, 0.3) is 0 Å². The Morgan fingerprint density at radius 2 is 0.744 bits per heavy atom. The molecule has 78 heavy (non-hydrogen) atoms. The molecular formula is C68H124N2O7S. The molecular weight excluding hydrogens is 989 g/mol. The highest BCUT2D eigenvalue weighted by Gasteiger charge is 2.85. The predicted octanol–water partition coefficient (Wildman–Crippen LogP) is 15.9. The van der Waals surface area contributed by atoms with Gasteiger partial charge in [0.1, 0.15) is 11.4 Å². The summed E-state index contributed by atoms with van der Waals surface area (Å²) in [4.78, 5) is 0. The van der Waals surface area contributed by atoms with Crippen LogP contribution in [0.3, 0.4) is 0 Å². The number of fused-ring (bicyclic) bond motifs is 14. The first-order valence-electron chi connectivity index (χ1n) is 31.9. The van der Waals surface area contributed by atoms with Gasteiger partial charge in [-0.2, -0.15) is 0 Å². The van der Waals surface area contributed by atoms with Gasteiger partial charge in [0.15, 0.2) is 0 Å². The van der Waals surface area contributed by atoms with Gasteiger partial charge in [0, 0.05) is 35.8 Å². The summed E-state index contributed by atoms with van der Waals surface area (Å²) in [5.41, 5.74) is 2.77. The minimum atomic E-state index is -3.11. The van der Waals surface area contributed by atoms with E-state index in [1.54, 1.807) is 0 Å². The number of rotatable bonds is 0. The van der Waals surface area contributed by atoms with E-state index < -0.39 is 10.6 Å². The van der Waals surface area contributed by atoms with Gasteiger partial charge in [-0.25, -0.2) is 0 Å². The standard InChI is InChI=1S/2C32H55NO2.C2H6.2CH4.O3S/c2*1-21-10-15-32(33-19-21)22(2)31(9)29(7)17-16-26(4)24(27(29,5)20-30(31,8)35-32)12-13-25(3)18-23(34)11-14-28(25,26)6;1-2;;;1-4(2)3/h2*21-24,33-34H,10-20H2,1-9H3;1-2H3;2*1H4;/t2*21-,22-,23-,24+,25-,26-,27-,28-,29-,30-,31+,32-;;;;/m00..../s1. The molecule has 8 aliphatic carbocycles. The molecule has 9 nitrogen and oxygen atoms in total. The Labute approximate surface area is 481 Å². The van der Waals surface area contributed by atoms with Gasteiger partial charge in [-0.05, 0) is 220 Å². The fraction of sp³-hybridized carbons (Fsp3) is 1.00. The number of piperidine rings is 2. The lowest BCUT2D eigenvalue weighted by atomic mass is 9.31. The smallest absolute Gasteiger partial charge is 0.393 e. The minimum absolute atomic E-state index is 0. The van der Waals surface area contributed by atoms with E-state index in [9.17, 15) is 10.2 Å². The number of hydrogen-bond acceptors (Lipinski definition) is 9. The summed E-state index contributed by atoms with van der Waals surface area (Å²) >= 11 is 0. The van der Waals surface area contributed by atoms with Crippen molar-refractivity contribution in [2.75, 3.05) is 13.1 Å². The van der Waals surface area contributed by atoms with Crippen molar-refractivity contribution < 1.29 is 32.3 Å². The van der Waals surface area contributed by atoms with Crippen LogP contribution < -0.4 is 10.6 Å². The molecule has 0 aromatic carbocycles. The molecule has 0 radical (unpaired) electrons. The Morgan fingerprint density at radius 3 is 1.04 bits per heavy atom. The van der Waals surface area contributed by atoms with Crippen LogP contribution in [0.1, 0.15) is 282 Å². The average Bonchev–Trinajstić information content (AvgIpc) is 4.00.